The van der Waals surface area contributed by atoms with E-state index in [-0.39, 0.29) is 5.04 Å². The highest BCUT2D eigenvalue weighted by molar-refractivity contribution is 6.74. The highest BCUT2D eigenvalue weighted by Crippen LogP contribution is 2.37. The monoisotopic (exact) mass is 276 g/mol. The second kappa shape index (κ2) is 6.20. The van der Waals surface area contributed by atoms with Crippen LogP contribution < -0.4 is 4.43 Å². The summed E-state index contributed by atoms with van der Waals surface area (Å²) in [6, 6.07) is 8.13. The SMILES string of the molecule is CC(C)(C)[Si](C)(C)Oc1cccc(CC=CC=O)c1. The Morgan fingerprint density at radius 1 is 1.26 bits per heavy atom. The predicted molar refractivity (Wildman–Crippen MR) is 83.2 cm³/mol. The molecule has 1 aromatic rings. The number of aldehydes is 1. The van der Waals surface area contributed by atoms with Gasteiger partial charge in [-0.05, 0) is 48.3 Å². The summed E-state index contributed by atoms with van der Waals surface area (Å²) in [6.45, 7) is 11.2. The van der Waals surface area contributed by atoms with Gasteiger partial charge in [-0.2, -0.15) is 0 Å². The maximum absolute atomic E-state index is 10.3. The van der Waals surface area contributed by atoms with Crippen molar-refractivity contribution >= 4 is 14.6 Å². The Labute approximate surface area is 117 Å². The van der Waals surface area contributed by atoms with Crippen LogP contribution in [0.2, 0.25) is 18.1 Å². The fraction of sp³-hybridized carbons (Fsp3) is 0.438. The molecular weight excluding hydrogens is 252 g/mol. The number of carbonyl (C=O) groups is 1. The van der Waals surface area contributed by atoms with Crippen molar-refractivity contribution in [2.75, 3.05) is 0 Å². The normalized spacial score (nSPS) is 12.7. The van der Waals surface area contributed by atoms with Crippen LogP contribution in [0.25, 0.3) is 0 Å². The van der Waals surface area contributed by atoms with E-state index >= 15 is 0 Å². The van der Waals surface area contributed by atoms with E-state index in [1.165, 1.54) is 6.08 Å². The smallest absolute Gasteiger partial charge is 0.250 e. The maximum Gasteiger partial charge on any atom is 0.250 e. The van der Waals surface area contributed by atoms with Gasteiger partial charge in [-0.15, -0.1) is 0 Å². The lowest BCUT2D eigenvalue weighted by Gasteiger charge is -2.36. The lowest BCUT2D eigenvalue weighted by atomic mass is 10.1. The second-order valence-corrected chi connectivity index (χ2v) is 11.0. The average molecular weight is 276 g/mol. The first kappa shape index (κ1) is 15.7. The van der Waals surface area contributed by atoms with Crippen LogP contribution in [-0.2, 0) is 11.2 Å². The van der Waals surface area contributed by atoms with Crippen LogP contribution >= 0.6 is 0 Å². The minimum atomic E-state index is -1.78. The predicted octanol–water partition coefficient (Wildman–Crippen LogP) is 4.37. The van der Waals surface area contributed by atoms with Crippen LogP contribution in [0.1, 0.15) is 26.3 Å². The molecule has 0 aliphatic heterocycles. The Morgan fingerprint density at radius 2 is 1.95 bits per heavy atom. The molecule has 0 atom stereocenters. The minimum absolute atomic E-state index is 0.195. The Hall–Kier alpha value is -1.35. The van der Waals surface area contributed by atoms with Gasteiger partial charge in [-0.3, -0.25) is 4.79 Å². The molecule has 19 heavy (non-hydrogen) atoms. The molecule has 0 bridgehead atoms. The third-order valence-electron chi connectivity index (χ3n) is 3.65. The summed E-state index contributed by atoms with van der Waals surface area (Å²) in [7, 11) is -1.78. The van der Waals surface area contributed by atoms with Crippen LogP contribution in [0.4, 0.5) is 0 Å². The van der Waals surface area contributed by atoms with E-state index in [0.717, 1.165) is 24.0 Å². The van der Waals surface area contributed by atoms with Crippen LogP contribution in [0.3, 0.4) is 0 Å². The van der Waals surface area contributed by atoms with Crippen LogP contribution in [-0.4, -0.2) is 14.6 Å². The summed E-state index contributed by atoms with van der Waals surface area (Å²) in [4.78, 5) is 10.3. The highest BCUT2D eigenvalue weighted by atomic mass is 28.4. The molecule has 0 fully saturated rings. The minimum Gasteiger partial charge on any atom is -0.543 e. The molecule has 3 heteroatoms. The largest absolute Gasteiger partial charge is 0.543 e. The first-order valence-corrected chi connectivity index (χ1v) is 9.55. The van der Waals surface area contributed by atoms with Crippen molar-refractivity contribution in [1.29, 1.82) is 0 Å². The number of rotatable bonds is 5. The van der Waals surface area contributed by atoms with E-state index in [0.29, 0.717) is 0 Å². The lowest BCUT2D eigenvalue weighted by Crippen LogP contribution is -2.43. The molecule has 104 valence electrons. The van der Waals surface area contributed by atoms with Gasteiger partial charge >= 0.3 is 0 Å². The van der Waals surface area contributed by atoms with E-state index in [9.17, 15) is 4.79 Å². The van der Waals surface area contributed by atoms with Crippen molar-refractivity contribution in [2.24, 2.45) is 0 Å². The molecule has 0 unspecified atom stereocenters. The molecular formula is C16H24O2Si. The Morgan fingerprint density at radius 3 is 2.53 bits per heavy atom. The zero-order chi connectivity index (χ0) is 14.5. The van der Waals surface area contributed by atoms with Crippen molar-refractivity contribution < 1.29 is 9.22 Å². The number of allylic oxidation sites excluding steroid dienone is 2. The quantitative estimate of drug-likeness (QED) is 0.453. The summed E-state index contributed by atoms with van der Waals surface area (Å²) in [5, 5.41) is 0.195. The third-order valence-corrected chi connectivity index (χ3v) is 8.00. The third kappa shape index (κ3) is 4.67. The first-order valence-electron chi connectivity index (χ1n) is 6.64. The zero-order valence-corrected chi connectivity index (χ0v) is 13.6. The van der Waals surface area contributed by atoms with Gasteiger partial charge in [0.2, 0.25) is 8.32 Å². The number of benzene rings is 1. The number of carbonyl (C=O) groups excluding carboxylic acids is 1. The van der Waals surface area contributed by atoms with Gasteiger partial charge in [-0.1, -0.05) is 39.0 Å². The molecule has 0 radical (unpaired) electrons. The fourth-order valence-corrected chi connectivity index (χ4v) is 2.47. The molecule has 0 heterocycles. The number of hydrogen-bond donors (Lipinski definition) is 0. The van der Waals surface area contributed by atoms with E-state index in [1.54, 1.807) is 0 Å². The summed E-state index contributed by atoms with van der Waals surface area (Å²) < 4.78 is 6.26. The molecule has 0 N–H and O–H groups in total. The average Bonchev–Trinajstić information content (AvgIpc) is 2.27. The van der Waals surface area contributed by atoms with Crippen molar-refractivity contribution in [3.05, 3.63) is 42.0 Å². The summed E-state index contributed by atoms with van der Waals surface area (Å²) >= 11 is 0. The maximum atomic E-state index is 10.3. The van der Waals surface area contributed by atoms with Gasteiger partial charge in [0.05, 0.1) is 0 Å². The molecule has 0 aliphatic rings. The molecule has 2 nitrogen and oxygen atoms in total. The second-order valence-electron chi connectivity index (χ2n) is 6.28. The molecule has 0 aromatic heterocycles. The van der Waals surface area contributed by atoms with Crippen molar-refractivity contribution in [3.8, 4) is 5.75 Å². The summed E-state index contributed by atoms with van der Waals surface area (Å²) in [6.07, 6.45) is 4.95. The van der Waals surface area contributed by atoms with Gasteiger partial charge in [0, 0.05) is 0 Å². The Kier molecular flexibility index (Phi) is 5.12. The Balaban J connectivity index is 2.83. The van der Waals surface area contributed by atoms with Gasteiger partial charge in [-0.25, -0.2) is 0 Å². The van der Waals surface area contributed by atoms with Gasteiger partial charge in [0.15, 0.2) is 0 Å². The van der Waals surface area contributed by atoms with Gasteiger partial charge in [0.1, 0.15) is 12.0 Å². The molecule has 0 spiro atoms. The number of hydrogen-bond acceptors (Lipinski definition) is 2. The van der Waals surface area contributed by atoms with Crippen LogP contribution in [0.5, 0.6) is 5.75 Å². The molecule has 0 amide bonds. The topological polar surface area (TPSA) is 26.3 Å². The lowest BCUT2D eigenvalue weighted by molar-refractivity contribution is -0.104. The van der Waals surface area contributed by atoms with E-state index in [4.69, 9.17) is 4.43 Å². The van der Waals surface area contributed by atoms with Crippen LogP contribution in [0, 0.1) is 0 Å². The van der Waals surface area contributed by atoms with Crippen molar-refractivity contribution in [1.82, 2.24) is 0 Å². The molecule has 0 saturated carbocycles. The Bertz CT molecular complexity index is 456. The molecule has 0 aliphatic carbocycles. The van der Waals surface area contributed by atoms with E-state index < -0.39 is 8.32 Å². The summed E-state index contributed by atoms with van der Waals surface area (Å²) in [5.41, 5.74) is 1.16. The van der Waals surface area contributed by atoms with Crippen molar-refractivity contribution in [3.63, 3.8) is 0 Å². The standard InChI is InChI=1S/C16H24O2Si/c1-16(2,3)19(4,5)18-15-11-8-10-14(13-15)9-6-7-12-17/h6-8,10-13H,9H2,1-5H3. The van der Waals surface area contributed by atoms with Crippen LogP contribution in [0.15, 0.2) is 36.4 Å². The zero-order valence-electron chi connectivity index (χ0n) is 12.6. The molecule has 1 rings (SSSR count). The summed E-state index contributed by atoms with van der Waals surface area (Å²) in [5.74, 6) is 0.934. The highest BCUT2D eigenvalue weighted by Gasteiger charge is 2.38. The first-order chi connectivity index (χ1) is 8.76. The van der Waals surface area contributed by atoms with E-state index in [1.807, 2.05) is 24.3 Å². The van der Waals surface area contributed by atoms with Gasteiger partial charge in [0.25, 0.3) is 0 Å². The molecule has 0 saturated heterocycles. The molecule has 1 aromatic carbocycles. The van der Waals surface area contributed by atoms with Crippen molar-refractivity contribution in [2.45, 2.75) is 45.3 Å². The van der Waals surface area contributed by atoms with Gasteiger partial charge < -0.3 is 4.43 Å². The fourth-order valence-electron chi connectivity index (χ4n) is 1.44. The van der Waals surface area contributed by atoms with E-state index in [2.05, 4.69) is 39.9 Å².